The first kappa shape index (κ1) is 24.2. The van der Waals surface area contributed by atoms with Gasteiger partial charge in [0, 0.05) is 0 Å². The van der Waals surface area contributed by atoms with Crippen molar-refractivity contribution < 1.29 is 81.9 Å². The molecule has 0 radical (unpaired) electrons. The normalized spacial score (nSPS) is 11.2. The van der Waals surface area contributed by atoms with Crippen molar-refractivity contribution in [3.05, 3.63) is 29.8 Å². The average molecular weight is 458 g/mol. The molecule has 0 aliphatic rings. The Kier molecular flexibility index (Phi) is 15.1. The number of unbranched alkanes of at least 4 members (excludes halogenated alkanes) is 9. The molecule has 0 aliphatic carbocycles. The summed E-state index contributed by atoms with van der Waals surface area (Å²) in [5, 5.41) is 0. The first-order valence-corrected chi connectivity index (χ1v) is 9.99. The Bertz CT molecular complexity index is 498. The minimum Gasteiger partial charge on any atom is -0.744 e. The fourth-order valence-electron chi connectivity index (χ4n) is 2.64. The quantitative estimate of drug-likeness (QED) is 0.356. The third-order valence-electron chi connectivity index (χ3n) is 4.03. The van der Waals surface area contributed by atoms with Crippen molar-refractivity contribution >= 4 is 10.1 Å². The zero-order chi connectivity index (χ0) is 16.3. The third kappa shape index (κ3) is 12.2. The molecule has 0 spiro atoms. The van der Waals surface area contributed by atoms with Crippen molar-refractivity contribution in [2.45, 2.75) is 82.4 Å². The van der Waals surface area contributed by atoms with Crippen LogP contribution in [0.25, 0.3) is 0 Å². The van der Waals surface area contributed by atoms with E-state index < -0.39 is 10.1 Å². The molecule has 0 unspecified atom stereocenters. The molecule has 0 saturated heterocycles. The number of hydrogen-bond acceptors (Lipinski definition) is 3. The van der Waals surface area contributed by atoms with E-state index in [0.29, 0.717) is 0 Å². The summed E-state index contributed by atoms with van der Waals surface area (Å²) in [6, 6.07) is 6.32. The largest absolute Gasteiger partial charge is 1.00 e. The molecule has 1 rings (SSSR count). The molecule has 5 heteroatoms. The monoisotopic (exact) mass is 458 g/mol. The van der Waals surface area contributed by atoms with Crippen LogP contribution < -0.4 is 68.9 Å². The van der Waals surface area contributed by atoms with Crippen LogP contribution >= 0.6 is 0 Å². The Hall–Kier alpha value is 1.18. The molecule has 0 saturated carbocycles. The van der Waals surface area contributed by atoms with Gasteiger partial charge < -0.3 is 4.55 Å². The second kappa shape index (κ2) is 14.4. The van der Waals surface area contributed by atoms with Crippen molar-refractivity contribution in [2.24, 2.45) is 0 Å². The molecule has 1 aromatic carbocycles. The zero-order valence-electron chi connectivity index (χ0n) is 14.7. The molecule has 1 aromatic rings. The minimum atomic E-state index is -4.31. The second-order valence-corrected chi connectivity index (χ2v) is 7.41. The molecule has 0 amide bonds. The van der Waals surface area contributed by atoms with Gasteiger partial charge in [0.25, 0.3) is 0 Å². The summed E-state index contributed by atoms with van der Waals surface area (Å²) >= 11 is 0. The maximum atomic E-state index is 10.8. The van der Waals surface area contributed by atoms with Crippen molar-refractivity contribution in [1.29, 1.82) is 0 Å². The van der Waals surface area contributed by atoms with Crippen LogP contribution in [0.15, 0.2) is 29.2 Å². The van der Waals surface area contributed by atoms with E-state index in [1.807, 2.05) is 0 Å². The van der Waals surface area contributed by atoms with Crippen LogP contribution in [0.5, 0.6) is 0 Å². The van der Waals surface area contributed by atoms with Crippen molar-refractivity contribution in [3.8, 4) is 0 Å². The van der Waals surface area contributed by atoms with Gasteiger partial charge in [0.05, 0.1) is 4.90 Å². The fourth-order valence-corrected chi connectivity index (χ4v) is 3.11. The Morgan fingerprint density at radius 1 is 0.783 bits per heavy atom. The van der Waals surface area contributed by atoms with Crippen LogP contribution in [0.2, 0.25) is 0 Å². The van der Waals surface area contributed by atoms with Gasteiger partial charge in [-0.1, -0.05) is 76.8 Å². The van der Waals surface area contributed by atoms with Gasteiger partial charge in [0.15, 0.2) is 0 Å². The molecule has 0 fully saturated rings. The SMILES string of the molecule is CCCCCCCCCCCCc1ccc(S(=O)(=O)[O-])cc1.[Cs+]. The summed E-state index contributed by atoms with van der Waals surface area (Å²) in [4.78, 5) is -0.140. The predicted octanol–water partition coefficient (Wildman–Crippen LogP) is 2.06. The number of aryl methyl sites for hydroxylation is 1. The predicted molar refractivity (Wildman–Crippen MR) is 90.0 cm³/mol. The van der Waals surface area contributed by atoms with Gasteiger partial charge in [-0.15, -0.1) is 0 Å². The molecule has 23 heavy (non-hydrogen) atoms. The number of rotatable bonds is 12. The van der Waals surface area contributed by atoms with Crippen LogP contribution in [0, 0.1) is 0 Å². The molecule has 126 valence electrons. The molecule has 3 nitrogen and oxygen atoms in total. The van der Waals surface area contributed by atoms with Gasteiger partial charge in [-0.3, -0.25) is 0 Å². The second-order valence-electron chi connectivity index (χ2n) is 6.03. The summed E-state index contributed by atoms with van der Waals surface area (Å²) < 4.78 is 32.5. The molecule has 0 N–H and O–H groups in total. The molecular weight excluding hydrogens is 429 g/mol. The third-order valence-corrected chi connectivity index (χ3v) is 4.88. The maximum Gasteiger partial charge on any atom is 1.00 e. The molecule has 0 aliphatic heterocycles. The topological polar surface area (TPSA) is 57.2 Å². The van der Waals surface area contributed by atoms with E-state index >= 15 is 0 Å². The number of benzene rings is 1. The van der Waals surface area contributed by atoms with Crippen LogP contribution in [0.4, 0.5) is 0 Å². The summed E-state index contributed by atoms with van der Waals surface area (Å²) in [5.74, 6) is 0. The minimum absolute atomic E-state index is 0. The molecule has 0 aromatic heterocycles. The Morgan fingerprint density at radius 3 is 1.65 bits per heavy atom. The van der Waals surface area contributed by atoms with Gasteiger partial charge in [0.2, 0.25) is 0 Å². The van der Waals surface area contributed by atoms with Crippen molar-refractivity contribution in [1.82, 2.24) is 0 Å². The van der Waals surface area contributed by atoms with Crippen molar-refractivity contribution in [3.63, 3.8) is 0 Å². The standard InChI is InChI=1S/C18H30O3S.Cs/c1-2-3-4-5-6-7-8-9-10-11-12-17-13-15-18(16-14-17)22(19,20)21;/h13-16H,2-12H2,1H3,(H,19,20,21);/q;+1/p-1. The Balaban J connectivity index is 0.00000484. The summed E-state index contributed by atoms with van der Waals surface area (Å²) in [6.45, 7) is 2.24. The van der Waals surface area contributed by atoms with Crippen LogP contribution in [-0.4, -0.2) is 13.0 Å². The van der Waals surface area contributed by atoms with Crippen LogP contribution in [-0.2, 0) is 16.5 Å². The summed E-state index contributed by atoms with van der Waals surface area (Å²) in [7, 11) is -4.31. The Labute approximate surface area is 201 Å². The first-order chi connectivity index (χ1) is 10.5. The smallest absolute Gasteiger partial charge is 0.744 e. The van der Waals surface area contributed by atoms with E-state index in [1.54, 1.807) is 12.1 Å². The van der Waals surface area contributed by atoms with E-state index in [0.717, 1.165) is 18.4 Å². The van der Waals surface area contributed by atoms with Crippen LogP contribution in [0.1, 0.15) is 76.7 Å². The number of hydrogen-bond donors (Lipinski definition) is 0. The van der Waals surface area contributed by atoms with Gasteiger partial charge in [-0.2, -0.15) is 0 Å². The maximum absolute atomic E-state index is 10.8. The average Bonchev–Trinajstić information content (AvgIpc) is 2.49. The van der Waals surface area contributed by atoms with E-state index in [4.69, 9.17) is 0 Å². The van der Waals surface area contributed by atoms with E-state index in [-0.39, 0.29) is 73.8 Å². The summed E-state index contributed by atoms with van der Waals surface area (Å²) in [5.41, 5.74) is 1.10. The van der Waals surface area contributed by atoms with Gasteiger partial charge >= 0.3 is 68.9 Å². The van der Waals surface area contributed by atoms with Gasteiger partial charge in [0.1, 0.15) is 10.1 Å². The van der Waals surface area contributed by atoms with E-state index in [2.05, 4.69) is 6.92 Å². The molecule has 0 atom stereocenters. The summed E-state index contributed by atoms with van der Waals surface area (Å²) in [6.07, 6.45) is 14.0. The van der Waals surface area contributed by atoms with Crippen molar-refractivity contribution in [2.75, 3.05) is 0 Å². The first-order valence-electron chi connectivity index (χ1n) is 8.59. The van der Waals surface area contributed by atoms with Crippen LogP contribution in [0.3, 0.4) is 0 Å². The molecule has 0 bridgehead atoms. The molecule has 0 heterocycles. The fraction of sp³-hybridized carbons (Fsp3) is 0.667. The van der Waals surface area contributed by atoms with E-state index in [1.165, 1.54) is 69.9 Å². The van der Waals surface area contributed by atoms with Gasteiger partial charge in [-0.25, -0.2) is 8.42 Å². The van der Waals surface area contributed by atoms with Gasteiger partial charge in [-0.05, 0) is 30.5 Å². The van der Waals surface area contributed by atoms with E-state index in [9.17, 15) is 13.0 Å². The zero-order valence-corrected chi connectivity index (χ0v) is 21.8. The Morgan fingerprint density at radius 2 is 1.22 bits per heavy atom. The molecular formula is C18H29CsO3S.